The van der Waals surface area contributed by atoms with E-state index in [0.717, 1.165) is 10.8 Å². The molecule has 1 aromatic rings. The molecule has 100 valence electrons. The topological polar surface area (TPSA) is 24.9 Å². The molecule has 1 saturated carbocycles. The first-order valence-corrected chi connectivity index (χ1v) is 7.87. The molecule has 1 aliphatic carbocycles. The van der Waals surface area contributed by atoms with Crippen LogP contribution in [-0.2, 0) is 0 Å². The number of aromatic nitrogens is 1. The molecule has 1 atom stereocenters. The van der Waals surface area contributed by atoms with Crippen LogP contribution >= 0.6 is 11.8 Å². The van der Waals surface area contributed by atoms with Crippen molar-refractivity contribution in [2.24, 2.45) is 0 Å². The Hall–Kier alpha value is -0.610. The van der Waals surface area contributed by atoms with E-state index < -0.39 is 0 Å². The van der Waals surface area contributed by atoms with Gasteiger partial charge in [0.25, 0.3) is 0 Å². The summed E-state index contributed by atoms with van der Waals surface area (Å²) in [5, 5.41) is 4.42. The monoisotopic (exact) mass is 268 g/mol. The van der Waals surface area contributed by atoms with Gasteiger partial charge < -0.3 is 5.32 Å². The number of nitrogens with zero attached hydrogens (tertiary/aromatic N) is 1. The minimum atomic E-state index is -0.257. The minimum Gasteiger partial charge on any atom is -0.307 e. The van der Waals surface area contributed by atoms with Crippen molar-refractivity contribution in [1.82, 2.24) is 10.3 Å². The Kier molecular flexibility index (Phi) is 5.01. The van der Waals surface area contributed by atoms with E-state index in [2.05, 4.69) is 23.5 Å². The van der Waals surface area contributed by atoms with E-state index in [9.17, 15) is 4.39 Å². The summed E-state index contributed by atoms with van der Waals surface area (Å²) in [5.74, 6) is -0.257. The van der Waals surface area contributed by atoms with Gasteiger partial charge in [0.15, 0.2) is 0 Å². The van der Waals surface area contributed by atoms with Crippen molar-refractivity contribution in [2.45, 2.75) is 49.9 Å². The van der Waals surface area contributed by atoms with E-state index in [1.165, 1.54) is 31.9 Å². The quantitative estimate of drug-likeness (QED) is 0.904. The van der Waals surface area contributed by atoms with Gasteiger partial charge in [-0.25, -0.2) is 4.39 Å². The number of hydrogen-bond acceptors (Lipinski definition) is 3. The molecule has 2 rings (SSSR count). The van der Waals surface area contributed by atoms with E-state index in [0.29, 0.717) is 6.04 Å². The van der Waals surface area contributed by atoms with Gasteiger partial charge in [0.05, 0.1) is 6.20 Å². The zero-order chi connectivity index (χ0) is 13.0. The second-order valence-electron chi connectivity index (χ2n) is 5.03. The number of hydrogen-bond donors (Lipinski definition) is 1. The van der Waals surface area contributed by atoms with Crippen molar-refractivity contribution in [1.29, 1.82) is 0 Å². The molecule has 0 bridgehead atoms. The van der Waals surface area contributed by atoms with Crippen LogP contribution in [0.4, 0.5) is 4.39 Å². The van der Waals surface area contributed by atoms with Crippen LogP contribution in [0.15, 0.2) is 18.5 Å². The molecule has 1 heterocycles. The van der Waals surface area contributed by atoms with Gasteiger partial charge in [-0.3, -0.25) is 4.98 Å². The zero-order valence-electron chi connectivity index (χ0n) is 11.0. The van der Waals surface area contributed by atoms with Gasteiger partial charge in [0.1, 0.15) is 5.82 Å². The molecule has 4 heteroatoms. The Bertz CT molecular complexity index is 378. The van der Waals surface area contributed by atoms with Crippen molar-refractivity contribution in [2.75, 3.05) is 6.26 Å². The third-order valence-electron chi connectivity index (χ3n) is 3.72. The Morgan fingerprint density at radius 2 is 2.06 bits per heavy atom. The lowest BCUT2D eigenvalue weighted by atomic mass is 9.94. The van der Waals surface area contributed by atoms with Crippen molar-refractivity contribution in [3.05, 3.63) is 29.8 Å². The lowest BCUT2D eigenvalue weighted by Crippen LogP contribution is -2.35. The smallest absolute Gasteiger partial charge is 0.141 e. The molecule has 0 spiro atoms. The first-order chi connectivity index (χ1) is 8.69. The fraction of sp³-hybridized carbons (Fsp3) is 0.643. The van der Waals surface area contributed by atoms with E-state index in [4.69, 9.17) is 0 Å². The number of pyridine rings is 1. The van der Waals surface area contributed by atoms with Crippen LogP contribution in [-0.4, -0.2) is 22.5 Å². The predicted molar refractivity (Wildman–Crippen MR) is 75.3 cm³/mol. The third kappa shape index (κ3) is 3.69. The normalized spacial score (nSPS) is 25.9. The van der Waals surface area contributed by atoms with Crippen molar-refractivity contribution in [3.63, 3.8) is 0 Å². The van der Waals surface area contributed by atoms with Gasteiger partial charge in [-0.2, -0.15) is 11.8 Å². The maximum absolute atomic E-state index is 13.1. The average molecular weight is 268 g/mol. The van der Waals surface area contributed by atoms with Gasteiger partial charge >= 0.3 is 0 Å². The van der Waals surface area contributed by atoms with Crippen LogP contribution in [0, 0.1) is 5.82 Å². The summed E-state index contributed by atoms with van der Waals surface area (Å²) in [4.78, 5) is 3.91. The Labute approximate surface area is 113 Å². The van der Waals surface area contributed by atoms with Gasteiger partial charge in [0, 0.05) is 23.5 Å². The maximum Gasteiger partial charge on any atom is 0.141 e. The zero-order valence-corrected chi connectivity index (χ0v) is 11.8. The second-order valence-corrected chi connectivity index (χ2v) is 6.17. The third-order valence-corrected chi connectivity index (χ3v) is 4.86. The molecule has 1 unspecified atom stereocenters. The second kappa shape index (κ2) is 6.53. The van der Waals surface area contributed by atoms with Gasteiger partial charge in [-0.05, 0) is 50.5 Å². The molecule has 18 heavy (non-hydrogen) atoms. The molecule has 1 N–H and O–H groups in total. The standard InChI is InChI=1S/C14H21FN2S/c1-10(11-7-12(15)9-16-8-11)17-13-3-5-14(18-2)6-4-13/h7-10,13-14,17H,3-6H2,1-2H3. The van der Waals surface area contributed by atoms with Crippen LogP contribution < -0.4 is 5.32 Å². The fourth-order valence-electron chi connectivity index (χ4n) is 2.58. The van der Waals surface area contributed by atoms with E-state index >= 15 is 0 Å². The number of nitrogens with one attached hydrogen (secondary N) is 1. The van der Waals surface area contributed by atoms with Crippen molar-refractivity contribution < 1.29 is 4.39 Å². The SMILES string of the molecule is CSC1CCC(NC(C)c2cncc(F)c2)CC1. The molecular formula is C14H21FN2S. The summed E-state index contributed by atoms with van der Waals surface area (Å²) >= 11 is 1.98. The molecular weight excluding hydrogens is 247 g/mol. The molecule has 1 aliphatic rings. The lowest BCUT2D eigenvalue weighted by molar-refractivity contribution is 0.351. The summed E-state index contributed by atoms with van der Waals surface area (Å²) in [5.41, 5.74) is 0.932. The van der Waals surface area contributed by atoms with Gasteiger partial charge in [-0.1, -0.05) is 0 Å². The highest BCUT2D eigenvalue weighted by Crippen LogP contribution is 2.28. The van der Waals surface area contributed by atoms with Crippen molar-refractivity contribution in [3.8, 4) is 0 Å². The average Bonchev–Trinajstić information content (AvgIpc) is 2.39. The summed E-state index contributed by atoms with van der Waals surface area (Å²) in [6.07, 6.45) is 10.2. The molecule has 1 fully saturated rings. The highest BCUT2D eigenvalue weighted by molar-refractivity contribution is 7.99. The molecule has 0 amide bonds. The predicted octanol–water partition coefficient (Wildman–Crippen LogP) is 3.55. The van der Waals surface area contributed by atoms with Crippen LogP contribution in [0.5, 0.6) is 0 Å². The summed E-state index contributed by atoms with van der Waals surface area (Å²) in [6.45, 7) is 2.08. The number of halogens is 1. The van der Waals surface area contributed by atoms with Crippen LogP contribution in [0.1, 0.15) is 44.2 Å². The summed E-state index contributed by atoms with van der Waals surface area (Å²) < 4.78 is 13.1. The number of rotatable bonds is 4. The van der Waals surface area contributed by atoms with Crippen LogP contribution in [0.2, 0.25) is 0 Å². The van der Waals surface area contributed by atoms with Gasteiger partial charge in [-0.15, -0.1) is 0 Å². The Morgan fingerprint density at radius 1 is 1.33 bits per heavy atom. The first-order valence-electron chi connectivity index (χ1n) is 6.58. The largest absolute Gasteiger partial charge is 0.307 e. The molecule has 0 saturated heterocycles. The van der Waals surface area contributed by atoms with Crippen LogP contribution in [0.25, 0.3) is 0 Å². The highest BCUT2D eigenvalue weighted by atomic mass is 32.2. The summed E-state index contributed by atoms with van der Waals surface area (Å²) in [6, 6.07) is 2.30. The Morgan fingerprint density at radius 3 is 2.67 bits per heavy atom. The molecule has 2 nitrogen and oxygen atoms in total. The Balaban J connectivity index is 1.86. The fourth-order valence-corrected chi connectivity index (χ4v) is 3.32. The molecule has 1 aromatic heterocycles. The molecule has 0 aliphatic heterocycles. The van der Waals surface area contributed by atoms with Crippen molar-refractivity contribution >= 4 is 11.8 Å². The lowest BCUT2D eigenvalue weighted by Gasteiger charge is -2.30. The highest BCUT2D eigenvalue weighted by Gasteiger charge is 2.21. The molecule has 0 radical (unpaired) electrons. The van der Waals surface area contributed by atoms with Crippen LogP contribution in [0.3, 0.4) is 0 Å². The number of thioether (sulfide) groups is 1. The van der Waals surface area contributed by atoms with Gasteiger partial charge in [0.2, 0.25) is 0 Å². The van der Waals surface area contributed by atoms with E-state index in [-0.39, 0.29) is 11.9 Å². The first kappa shape index (κ1) is 13.8. The van der Waals surface area contributed by atoms with E-state index in [1.54, 1.807) is 12.3 Å². The maximum atomic E-state index is 13.1. The molecule has 0 aromatic carbocycles. The minimum absolute atomic E-state index is 0.170. The van der Waals surface area contributed by atoms with E-state index in [1.807, 2.05) is 11.8 Å². The summed E-state index contributed by atoms with van der Waals surface area (Å²) in [7, 11) is 0.